The molecule has 1 aromatic carbocycles. The molecule has 2 unspecified atom stereocenters. The van der Waals surface area contributed by atoms with E-state index in [1.165, 1.54) is 35.2 Å². The van der Waals surface area contributed by atoms with Crippen molar-refractivity contribution in [2.24, 2.45) is 0 Å². The summed E-state index contributed by atoms with van der Waals surface area (Å²) >= 11 is 5.68. The van der Waals surface area contributed by atoms with Crippen LogP contribution in [0.3, 0.4) is 0 Å². The van der Waals surface area contributed by atoms with Gasteiger partial charge in [0.2, 0.25) is 5.95 Å². The van der Waals surface area contributed by atoms with Crippen LogP contribution in [0.1, 0.15) is 24.4 Å². The van der Waals surface area contributed by atoms with E-state index >= 15 is 0 Å². The van der Waals surface area contributed by atoms with Gasteiger partial charge in [-0.2, -0.15) is 0 Å². The zero-order valence-electron chi connectivity index (χ0n) is 17.1. The second kappa shape index (κ2) is 11.1. The third-order valence-corrected chi connectivity index (χ3v) is 5.17. The highest BCUT2D eigenvalue weighted by molar-refractivity contribution is 6.30. The first-order chi connectivity index (χ1) is 15.4. The van der Waals surface area contributed by atoms with E-state index in [9.17, 15) is 18.7 Å². The SMILES string of the molecule is FC1CCCOC1.Nc1nccc(-c2ccn(C(CO)c3ccc(Cl)c(F)c3)c(=O)c2)n1. The molecule has 0 aliphatic carbocycles. The summed E-state index contributed by atoms with van der Waals surface area (Å²) in [6.45, 7) is 0.696. The monoisotopic (exact) mass is 464 g/mol. The number of hydrogen-bond donors (Lipinski definition) is 2. The van der Waals surface area contributed by atoms with Crippen LogP contribution in [0, 0.1) is 5.82 Å². The molecule has 1 saturated heterocycles. The summed E-state index contributed by atoms with van der Waals surface area (Å²) in [7, 11) is 0. The van der Waals surface area contributed by atoms with Gasteiger partial charge in [0.1, 0.15) is 12.0 Å². The number of ether oxygens (including phenoxy) is 1. The highest BCUT2D eigenvalue weighted by atomic mass is 35.5. The summed E-state index contributed by atoms with van der Waals surface area (Å²) in [5, 5.41) is 9.66. The van der Waals surface area contributed by atoms with Gasteiger partial charge >= 0.3 is 0 Å². The lowest BCUT2D eigenvalue weighted by molar-refractivity contribution is 0.0366. The van der Waals surface area contributed by atoms with Crippen LogP contribution in [-0.4, -0.2) is 45.6 Å². The van der Waals surface area contributed by atoms with Gasteiger partial charge < -0.3 is 20.1 Å². The third kappa shape index (κ3) is 6.09. The quantitative estimate of drug-likeness (QED) is 0.613. The van der Waals surface area contributed by atoms with E-state index in [-0.39, 0.29) is 23.1 Å². The van der Waals surface area contributed by atoms with E-state index in [0.29, 0.717) is 29.8 Å². The number of nitrogen functional groups attached to an aromatic ring is 1. The van der Waals surface area contributed by atoms with Crippen LogP contribution in [0.4, 0.5) is 14.7 Å². The van der Waals surface area contributed by atoms with Crippen molar-refractivity contribution in [2.75, 3.05) is 25.6 Å². The number of aliphatic hydroxyl groups is 1. The largest absolute Gasteiger partial charge is 0.394 e. The molecular weight excluding hydrogens is 442 g/mol. The topological polar surface area (TPSA) is 103 Å². The minimum Gasteiger partial charge on any atom is -0.394 e. The van der Waals surface area contributed by atoms with Crippen molar-refractivity contribution in [3.8, 4) is 11.3 Å². The first-order valence-electron chi connectivity index (χ1n) is 9.97. The van der Waals surface area contributed by atoms with Crippen LogP contribution < -0.4 is 11.3 Å². The van der Waals surface area contributed by atoms with Crippen molar-refractivity contribution < 1.29 is 18.6 Å². The number of alkyl halides is 1. The minimum absolute atomic E-state index is 0.0236. The number of benzene rings is 1. The lowest BCUT2D eigenvalue weighted by Crippen LogP contribution is -2.27. The van der Waals surface area contributed by atoms with Crippen LogP contribution in [-0.2, 0) is 4.74 Å². The zero-order chi connectivity index (χ0) is 23.1. The Balaban J connectivity index is 0.000000352. The summed E-state index contributed by atoms with van der Waals surface area (Å²) in [6, 6.07) is 8.09. The predicted molar refractivity (Wildman–Crippen MR) is 118 cm³/mol. The van der Waals surface area contributed by atoms with Crippen molar-refractivity contribution in [3.05, 3.63) is 75.5 Å². The molecule has 4 rings (SSSR count). The van der Waals surface area contributed by atoms with Crippen LogP contribution >= 0.6 is 11.6 Å². The van der Waals surface area contributed by atoms with Gasteiger partial charge in [-0.25, -0.2) is 18.7 Å². The van der Waals surface area contributed by atoms with Gasteiger partial charge in [-0.15, -0.1) is 0 Å². The van der Waals surface area contributed by atoms with E-state index < -0.39 is 18.0 Å². The number of nitrogens with two attached hydrogens (primary N) is 1. The Bertz CT molecular complexity index is 1110. The Morgan fingerprint density at radius 2 is 2.12 bits per heavy atom. The molecule has 1 fully saturated rings. The molecule has 3 N–H and O–H groups in total. The molecule has 0 radical (unpaired) electrons. The molecule has 2 atom stereocenters. The molecule has 3 aromatic rings. The van der Waals surface area contributed by atoms with Gasteiger partial charge in [0.15, 0.2) is 0 Å². The summed E-state index contributed by atoms with van der Waals surface area (Å²) in [6.07, 6.45) is 3.91. The molecule has 0 spiro atoms. The van der Waals surface area contributed by atoms with Crippen LogP contribution in [0.5, 0.6) is 0 Å². The fraction of sp³-hybridized carbons (Fsp3) is 0.318. The average Bonchev–Trinajstić information content (AvgIpc) is 2.78. The predicted octanol–water partition coefficient (Wildman–Crippen LogP) is 3.40. The Labute approximate surface area is 188 Å². The van der Waals surface area contributed by atoms with Crippen LogP contribution in [0.15, 0.2) is 53.6 Å². The van der Waals surface area contributed by atoms with E-state index in [1.54, 1.807) is 18.2 Å². The van der Waals surface area contributed by atoms with Gasteiger partial charge in [0, 0.05) is 30.6 Å². The van der Waals surface area contributed by atoms with Crippen LogP contribution in [0.2, 0.25) is 5.02 Å². The Kier molecular flexibility index (Phi) is 8.26. The third-order valence-electron chi connectivity index (χ3n) is 4.86. The van der Waals surface area contributed by atoms with Gasteiger partial charge in [-0.05, 0) is 42.7 Å². The van der Waals surface area contributed by atoms with Crippen molar-refractivity contribution in [1.82, 2.24) is 14.5 Å². The number of anilines is 1. The highest BCUT2D eigenvalue weighted by Gasteiger charge is 2.16. The summed E-state index contributed by atoms with van der Waals surface area (Å²) in [4.78, 5) is 20.4. The molecule has 2 aromatic heterocycles. The van der Waals surface area contributed by atoms with Gasteiger partial charge in [0.25, 0.3) is 5.56 Å². The molecule has 32 heavy (non-hydrogen) atoms. The van der Waals surface area contributed by atoms with E-state index in [0.717, 1.165) is 13.0 Å². The molecule has 1 aliphatic rings. The number of halogens is 3. The van der Waals surface area contributed by atoms with E-state index in [4.69, 9.17) is 22.1 Å². The smallest absolute Gasteiger partial charge is 0.251 e. The molecule has 0 bridgehead atoms. The number of rotatable bonds is 4. The molecule has 10 heteroatoms. The Hall–Kier alpha value is -2.88. The Morgan fingerprint density at radius 3 is 2.69 bits per heavy atom. The van der Waals surface area contributed by atoms with E-state index in [2.05, 4.69) is 9.97 Å². The molecule has 3 heterocycles. The fourth-order valence-electron chi connectivity index (χ4n) is 3.22. The fourth-order valence-corrected chi connectivity index (χ4v) is 3.33. The number of aromatic nitrogens is 3. The first kappa shape index (κ1) is 23.8. The van der Waals surface area contributed by atoms with E-state index in [1.807, 2.05) is 0 Å². The molecule has 170 valence electrons. The summed E-state index contributed by atoms with van der Waals surface area (Å²) in [5.74, 6) is -0.509. The molecule has 0 saturated carbocycles. The molecular formula is C22H23ClF2N4O3. The summed E-state index contributed by atoms with van der Waals surface area (Å²) in [5.41, 5.74) is 6.69. The van der Waals surface area contributed by atoms with Gasteiger partial charge in [0.05, 0.1) is 30.0 Å². The number of nitrogens with zero attached hydrogens (tertiary/aromatic N) is 3. The maximum atomic E-state index is 13.7. The number of aliphatic hydroxyl groups excluding tert-OH is 1. The standard InChI is InChI=1S/C17H14ClFN4O2.C5H9FO/c18-12-2-1-11(7-13(12)19)15(9-24)23-6-4-10(8-16(23)25)14-3-5-21-17(20)22-14;6-5-2-1-3-7-4-5/h1-8,15,24H,9H2,(H2,20,21,22);5H,1-4H2. The van der Waals surface area contributed by atoms with Gasteiger partial charge in [-0.3, -0.25) is 4.79 Å². The maximum Gasteiger partial charge on any atom is 0.251 e. The maximum absolute atomic E-state index is 13.7. The van der Waals surface area contributed by atoms with Gasteiger partial charge in [-0.1, -0.05) is 17.7 Å². The highest BCUT2D eigenvalue weighted by Crippen LogP contribution is 2.23. The zero-order valence-corrected chi connectivity index (χ0v) is 17.9. The van der Waals surface area contributed by atoms with Crippen molar-refractivity contribution in [1.29, 1.82) is 0 Å². The number of hydrogen-bond acceptors (Lipinski definition) is 6. The van der Waals surface area contributed by atoms with Crippen molar-refractivity contribution in [2.45, 2.75) is 25.1 Å². The molecule has 1 aliphatic heterocycles. The van der Waals surface area contributed by atoms with Crippen molar-refractivity contribution in [3.63, 3.8) is 0 Å². The number of pyridine rings is 1. The molecule has 0 amide bonds. The minimum atomic E-state index is -0.733. The van der Waals surface area contributed by atoms with Crippen LogP contribution in [0.25, 0.3) is 11.3 Å². The average molecular weight is 465 g/mol. The first-order valence-corrected chi connectivity index (χ1v) is 10.4. The lowest BCUT2D eigenvalue weighted by Gasteiger charge is -2.18. The van der Waals surface area contributed by atoms with Crippen molar-refractivity contribution >= 4 is 17.5 Å². The second-order valence-electron chi connectivity index (χ2n) is 7.15. The lowest BCUT2D eigenvalue weighted by atomic mass is 10.1. The molecule has 7 nitrogen and oxygen atoms in total. The normalized spacial score (nSPS) is 16.7. The Morgan fingerprint density at radius 1 is 1.31 bits per heavy atom. The second-order valence-corrected chi connectivity index (χ2v) is 7.55. The summed E-state index contributed by atoms with van der Waals surface area (Å²) < 4.78 is 31.9.